The Morgan fingerprint density at radius 2 is 2.22 bits per heavy atom. The molecule has 96 valence electrons. The molecule has 0 saturated heterocycles. The molecule has 0 saturated carbocycles. The molecule has 0 fully saturated rings. The lowest BCUT2D eigenvalue weighted by Crippen LogP contribution is -2.25. The molecule has 4 heteroatoms. The van der Waals surface area contributed by atoms with Gasteiger partial charge in [-0.2, -0.15) is 5.26 Å². The Labute approximate surface area is 108 Å². The van der Waals surface area contributed by atoms with Crippen LogP contribution in [0.4, 0.5) is 0 Å². The van der Waals surface area contributed by atoms with Gasteiger partial charge in [0, 0.05) is 13.6 Å². The van der Waals surface area contributed by atoms with Crippen molar-refractivity contribution in [2.75, 3.05) is 13.7 Å². The minimum absolute atomic E-state index is 0.0769. The Morgan fingerprint density at radius 1 is 1.50 bits per heavy atom. The predicted molar refractivity (Wildman–Crippen MR) is 69.1 cm³/mol. The summed E-state index contributed by atoms with van der Waals surface area (Å²) in [6.45, 7) is 5.07. The maximum Gasteiger partial charge on any atom is 0.236 e. The van der Waals surface area contributed by atoms with E-state index >= 15 is 0 Å². The third kappa shape index (κ3) is 3.77. The average molecular weight is 246 g/mol. The van der Waals surface area contributed by atoms with Crippen LogP contribution in [0.15, 0.2) is 18.2 Å². The van der Waals surface area contributed by atoms with Gasteiger partial charge >= 0.3 is 0 Å². The van der Waals surface area contributed by atoms with Gasteiger partial charge in [-0.05, 0) is 31.0 Å². The van der Waals surface area contributed by atoms with Crippen LogP contribution < -0.4 is 4.74 Å². The second-order valence-corrected chi connectivity index (χ2v) is 4.12. The number of nitrogens with zero attached hydrogens (tertiary/aromatic N) is 2. The first-order valence-corrected chi connectivity index (χ1v) is 5.91. The zero-order chi connectivity index (χ0) is 13.5. The Bertz CT molecular complexity index is 463. The van der Waals surface area contributed by atoms with Crippen LogP contribution in [0.3, 0.4) is 0 Å². The highest BCUT2D eigenvalue weighted by Crippen LogP contribution is 2.19. The van der Waals surface area contributed by atoms with Gasteiger partial charge in [0.25, 0.3) is 0 Å². The topological polar surface area (TPSA) is 53.3 Å². The van der Waals surface area contributed by atoms with E-state index in [-0.39, 0.29) is 12.3 Å². The Balaban J connectivity index is 2.71. The second-order valence-electron chi connectivity index (χ2n) is 4.12. The van der Waals surface area contributed by atoms with E-state index in [1.807, 2.05) is 38.1 Å². The summed E-state index contributed by atoms with van der Waals surface area (Å²) in [6.07, 6.45) is -0.0769. The summed E-state index contributed by atoms with van der Waals surface area (Å²) in [6, 6.07) is 7.71. The largest absolute Gasteiger partial charge is 0.494 e. The summed E-state index contributed by atoms with van der Waals surface area (Å²) in [4.78, 5) is 13.0. The van der Waals surface area contributed by atoms with E-state index in [0.29, 0.717) is 13.2 Å². The number of hydrogen-bond donors (Lipinski definition) is 0. The van der Waals surface area contributed by atoms with Crippen LogP contribution in [0.2, 0.25) is 0 Å². The van der Waals surface area contributed by atoms with Gasteiger partial charge in [-0.25, -0.2) is 0 Å². The van der Waals surface area contributed by atoms with Crippen molar-refractivity contribution in [1.82, 2.24) is 4.90 Å². The van der Waals surface area contributed by atoms with Crippen LogP contribution in [0.5, 0.6) is 5.75 Å². The lowest BCUT2D eigenvalue weighted by Gasteiger charge is -2.16. The number of carbonyl (C=O) groups excluding carboxylic acids is 1. The summed E-state index contributed by atoms with van der Waals surface area (Å²) in [7, 11) is 1.70. The molecule has 1 rings (SSSR count). The van der Waals surface area contributed by atoms with E-state index < -0.39 is 0 Å². The lowest BCUT2D eigenvalue weighted by molar-refractivity contribution is -0.129. The average Bonchev–Trinajstić information content (AvgIpc) is 2.33. The fraction of sp³-hybridized carbons (Fsp3) is 0.429. The molecule has 1 amide bonds. The van der Waals surface area contributed by atoms with Crippen molar-refractivity contribution < 1.29 is 9.53 Å². The van der Waals surface area contributed by atoms with Crippen LogP contribution in [-0.2, 0) is 11.3 Å². The van der Waals surface area contributed by atoms with E-state index in [4.69, 9.17) is 10.00 Å². The number of benzene rings is 1. The summed E-state index contributed by atoms with van der Waals surface area (Å²) in [5.74, 6) is 0.705. The molecular formula is C14H18N2O2. The fourth-order valence-corrected chi connectivity index (χ4v) is 1.69. The molecule has 0 atom stereocenters. The highest BCUT2D eigenvalue weighted by Gasteiger charge is 2.09. The van der Waals surface area contributed by atoms with Gasteiger partial charge in [0.2, 0.25) is 5.91 Å². The van der Waals surface area contributed by atoms with Gasteiger partial charge in [0.15, 0.2) is 0 Å². The van der Waals surface area contributed by atoms with Crippen LogP contribution >= 0.6 is 0 Å². The van der Waals surface area contributed by atoms with E-state index in [1.165, 1.54) is 0 Å². The van der Waals surface area contributed by atoms with Crippen molar-refractivity contribution in [3.8, 4) is 11.8 Å². The van der Waals surface area contributed by atoms with E-state index in [2.05, 4.69) is 0 Å². The lowest BCUT2D eigenvalue weighted by atomic mass is 10.1. The summed E-state index contributed by atoms with van der Waals surface area (Å²) < 4.78 is 5.46. The molecule has 0 radical (unpaired) electrons. The first-order valence-electron chi connectivity index (χ1n) is 5.91. The Kier molecular flexibility index (Phi) is 5.19. The molecular weight excluding hydrogens is 228 g/mol. The molecule has 0 aliphatic carbocycles. The monoisotopic (exact) mass is 246 g/mol. The van der Waals surface area contributed by atoms with Gasteiger partial charge in [0.05, 0.1) is 12.7 Å². The zero-order valence-corrected chi connectivity index (χ0v) is 11.1. The molecule has 18 heavy (non-hydrogen) atoms. The SMILES string of the molecule is CCOc1ccc(CN(C)C(=O)CC#N)cc1C. The number of amides is 1. The third-order valence-corrected chi connectivity index (χ3v) is 2.61. The zero-order valence-electron chi connectivity index (χ0n) is 11.1. The van der Waals surface area contributed by atoms with E-state index in [1.54, 1.807) is 11.9 Å². The van der Waals surface area contributed by atoms with Gasteiger partial charge in [-0.3, -0.25) is 4.79 Å². The quantitative estimate of drug-likeness (QED) is 0.800. The summed E-state index contributed by atoms with van der Waals surface area (Å²) in [5, 5.41) is 8.48. The van der Waals surface area contributed by atoms with Crippen LogP contribution in [-0.4, -0.2) is 24.5 Å². The minimum Gasteiger partial charge on any atom is -0.494 e. The molecule has 0 spiro atoms. The van der Waals surface area contributed by atoms with Crippen molar-refractivity contribution in [2.45, 2.75) is 26.8 Å². The molecule has 0 heterocycles. The Morgan fingerprint density at radius 3 is 2.78 bits per heavy atom. The van der Waals surface area contributed by atoms with Gasteiger partial charge in [-0.1, -0.05) is 12.1 Å². The van der Waals surface area contributed by atoms with Crippen molar-refractivity contribution in [2.24, 2.45) is 0 Å². The highest BCUT2D eigenvalue weighted by atomic mass is 16.5. The number of aryl methyl sites for hydroxylation is 1. The van der Waals surface area contributed by atoms with Gasteiger partial charge < -0.3 is 9.64 Å². The number of hydrogen-bond acceptors (Lipinski definition) is 3. The maximum absolute atomic E-state index is 11.5. The molecule has 4 nitrogen and oxygen atoms in total. The Hall–Kier alpha value is -2.02. The number of carbonyl (C=O) groups is 1. The minimum atomic E-state index is -0.163. The molecule has 0 N–H and O–H groups in total. The first kappa shape index (κ1) is 14.0. The molecule has 1 aromatic carbocycles. The molecule has 0 bridgehead atoms. The number of rotatable bonds is 5. The molecule has 0 aliphatic rings. The second kappa shape index (κ2) is 6.65. The predicted octanol–water partition coefficient (Wildman–Crippen LogP) is 2.27. The van der Waals surface area contributed by atoms with Crippen LogP contribution in [0, 0.1) is 18.3 Å². The van der Waals surface area contributed by atoms with Crippen molar-refractivity contribution in [3.05, 3.63) is 29.3 Å². The summed E-state index contributed by atoms with van der Waals surface area (Å²) >= 11 is 0. The number of ether oxygens (including phenoxy) is 1. The molecule has 1 aromatic rings. The maximum atomic E-state index is 11.5. The number of nitriles is 1. The highest BCUT2D eigenvalue weighted by molar-refractivity contribution is 5.77. The van der Waals surface area contributed by atoms with Crippen LogP contribution in [0.1, 0.15) is 24.5 Å². The van der Waals surface area contributed by atoms with Gasteiger partial charge in [-0.15, -0.1) is 0 Å². The smallest absolute Gasteiger partial charge is 0.236 e. The van der Waals surface area contributed by atoms with Crippen LogP contribution in [0.25, 0.3) is 0 Å². The van der Waals surface area contributed by atoms with Gasteiger partial charge in [0.1, 0.15) is 12.2 Å². The first-order chi connectivity index (χ1) is 8.58. The van der Waals surface area contributed by atoms with Crippen molar-refractivity contribution in [3.63, 3.8) is 0 Å². The van der Waals surface area contributed by atoms with Crippen molar-refractivity contribution >= 4 is 5.91 Å². The normalized spacial score (nSPS) is 9.67. The summed E-state index contributed by atoms with van der Waals surface area (Å²) in [5.41, 5.74) is 2.08. The molecule has 0 aliphatic heterocycles. The third-order valence-electron chi connectivity index (χ3n) is 2.61. The molecule has 0 aromatic heterocycles. The standard InChI is InChI=1S/C14H18N2O2/c1-4-18-13-6-5-12(9-11(13)2)10-16(3)14(17)7-8-15/h5-6,9H,4,7,10H2,1-3H3. The van der Waals surface area contributed by atoms with Crippen molar-refractivity contribution in [1.29, 1.82) is 5.26 Å². The van der Waals surface area contributed by atoms with E-state index in [0.717, 1.165) is 16.9 Å². The van der Waals surface area contributed by atoms with E-state index in [9.17, 15) is 4.79 Å². The fourth-order valence-electron chi connectivity index (χ4n) is 1.69. The molecule has 0 unspecified atom stereocenters.